The van der Waals surface area contributed by atoms with Gasteiger partial charge in [-0.3, -0.25) is 4.79 Å². The molecule has 0 aliphatic rings. The monoisotopic (exact) mass is 145 g/mol. The molecule has 0 radical (unpaired) electrons. The van der Waals surface area contributed by atoms with Crippen LogP contribution in [0, 0.1) is 0 Å². The molecule has 0 fully saturated rings. The molecule has 3 N–H and O–H groups in total. The van der Waals surface area contributed by atoms with Crippen molar-refractivity contribution < 1.29 is 9.90 Å². The smallest absolute Gasteiger partial charge is 0.303 e. The summed E-state index contributed by atoms with van der Waals surface area (Å²) in [5, 5.41) is 8.07. The fraction of sp³-hybridized carbons (Fsp3) is 0.571. The van der Waals surface area contributed by atoms with Crippen molar-refractivity contribution in [3.8, 4) is 0 Å². The summed E-state index contributed by atoms with van der Waals surface area (Å²) in [6.45, 7) is 7.34. The van der Waals surface area contributed by atoms with Crippen LogP contribution >= 0.6 is 0 Å². The third-order valence-electron chi connectivity index (χ3n) is 0.660. The number of nitrogens with two attached hydrogens (primary N) is 1. The number of hydrogen-bond donors (Lipinski definition) is 2. The second-order valence-electron chi connectivity index (χ2n) is 1.55. The topological polar surface area (TPSA) is 63.3 Å². The highest BCUT2D eigenvalue weighted by atomic mass is 16.4. The van der Waals surface area contributed by atoms with E-state index in [0.717, 1.165) is 0 Å². The number of rotatable bonds is 3. The van der Waals surface area contributed by atoms with Crippen LogP contribution in [0.3, 0.4) is 0 Å². The molecule has 0 aliphatic heterocycles. The van der Waals surface area contributed by atoms with Gasteiger partial charge in [0.1, 0.15) is 0 Å². The van der Waals surface area contributed by atoms with Gasteiger partial charge in [-0.1, -0.05) is 20.4 Å². The van der Waals surface area contributed by atoms with Gasteiger partial charge in [-0.25, -0.2) is 0 Å². The lowest BCUT2D eigenvalue weighted by Crippen LogP contribution is -2.00. The van der Waals surface area contributed by atoms with Gasteiger partial charge < -0.3 is 10.8 Å². The highest BCUT2D eigenvalue weighted by molar-refractivity contribution is 5.66. The standard InChI is InChI=1S/C5H9NO2.C2H6/c1-4(6)2-3-5(7)8;1-2/h1-3,6H2,(H,7,8);1-2H3. The summed E-state index contributed by atoms with van der Waals surface area (Å²) in [7, 11) is 0. The molecular formula is C7H15NO2. The van der Waals surface area contributed by atoms with Crippen LogP contribution in [0.15, 0.2) is 12.3 Å². The first kappa shape index (κ1) is 11.8. The summed E-state index contributed by atoms with van der Waals surface area (Å²) in [5.74, 6) is -0.836. The maximum absolute atomic E-state index is 9.81. The van der Waals surface area contributed by atoms with Gasteiger partial charge in [-0.2, -0.15) is 0 Å². The number of carbonyl (C=O) groups is 1. The van der Waals surface area contributed by atoms with E-state index < -0.39 is 5.97 Å². The average molecular weight is 145 g/mol. The molecule has 0 spiro atoms. The minimum absolute atomic E-state index is 0.0787. The van der Waals surface area contributed by atoms with Gasteiger partial charge in [-0.05, 0) is 6.42 Å². The lowest BCUT2D eigenvalue weighted by atomic mass is 10.3. The number of allylic oxidation sites excluding steroid dienone is 1. The number of carboxylic acids is 1. The Balaban J connectivity index is 0. The van der Waals surface area contributed by atoms with Crippen LogP contribution in [-0.4, -0.2) is 11.1 Å². The molecule has 0 atom stereocenters. The van der Waals surface area contributed by atoms with Gasteiger partial charge in [0.15, 0.2) is 0 Å². The maximum Gasteiger partial charge on any atom is 0.303 e. The molecule has 0 saturated heterocycles. The first-order valence-electron chi connectivity index (χ1n) is 3.28. The fourth-order valence-electron chi connectivity index (χ4n) is 0.267. The Morgan fingerprint density at radius 3 is 2.00 bits per heavy atom. The van der Waals surface area contributed by atoms with Gasteiger partial charge in [0.2, 0.25) is 0 Å². The van der Waals surface area contributed by atoms with Gasteiger partial charge in [0.25, 0.3) is 0 Å². The van der Waals surface area contributed by atoms with Crippen molar-refractivity contribution in [1.82, 2.24) is 0 Å². The number of hydrogen-bond acceptors (Lipinski definition) is 2. The summed E-state index contributed by atoms with van der Waals surface area (Å²) >= 11 is 0. The third kappa shape index (κ3) is 15.7. The highest BCUT2D eigenvalue weighted by Crippen LogP contribution is 1.92. The first-order valence-corrected chi connectivity index (χ1v) is 3.28. The average Bonchev–Trinajstić information content (AvgIpc) is 1.89. The molecule has 3 nitrogen and oxygen atoms in total. The van der Waals surface area contributed by atoms with Crippen molar-refractivity contribution in [3.05, 3.63) is 12.3 Å². The summed E-state index contributed by atoms with van der Waals surface area (Å²) in [5.41, 5.74) is 5.51. The predicted octanol–water partition coefficient (Wildman–Crippen LogP) is 1.35. The van der Waals surface area contributed by atoms with Crippen LogP contribution in [-0.2, 0) is 4.79 Å². The Kier molecular flexibility index (Phi) is 9.42. The van der Waals surface area contributed by atoms with E-state index in [1.165, 1.54) is 0 Å². The summed E-state index contributed by atoms with van der Waals surface area (Å²) in [4.78, 5) is 9.81. The van der Waals surface area contributed by atoms with E-state index in [-0.39, 0.29) is 6.42 Å². The number of carboxylic acid groups (broad SMARTS) is 1. The molecule has 0 unspecified atom stereocenters. The molecule has 0 saturated carbocycles. The molecule has 60 valence electrons. The summed E-state index contributed by atoms with van der Waals surface area (Å²) in [6, 6.07) is 0. The zero-order chi connectivity index (χ0) is 8.57. The van der Waals surface area contributed by atoms with E-state index in [1.807, 2.05) is 13.8 Å². The van der Waals surface area contributed by atoms with Crippen LogP contribution in [0.1, 0.15) is 26.7 Å². The van der Waals surface area contributed by atoms with E-state index in [1.54, 1.807) is 0 Å². The first-order chi connectivity index (χ1) is 4.63. The SMILES string of the molecule is C=C(N)CCC(=O)O.CC. The maximum atomic E-state index is 9.81. The number of aliphatic carboxylic acids is 1. The Hall–Kier alpha value is -0.990. The second-order valence-corrected chi connectivity index (χ2v) is 1.55. The molecule has 0 bridgehead atoms. The Bertz CT molecular complexity index is 96.2. The van der Waals surface area contributed by atoms with Crippen molar-refractivity contribution >= 4 is 5.97 Å². The molecule has 0 amide bonds. The van der Waals surface area contributed by atoms with Gasteiger partial charge in [-0.15, -0.1) is 0 Å². The van der Waals surface area contributed by atoms with Gasteiger partial charge in [0, 0.05) is 5.70 Å². The molecular weight excluding hydrogens is 130 g/mol. The zero-order valence-corrected chi connectivity index (χ0v) is 6.55. The Labute approximate surface area is 61.5 Å². The van der Waals surface area contributed by atoms with Crippen molar-refractivity contribution in [2.75, 3.05) is 0 Å². The van der Waals surface area contributed by atoms with Gasteiger partial charge >= 0.3 is 5.97 Å². The normalized spacial score (nSPS) is 7.40. The van der Waals surface area contributed by atoms with Crippen molar-refractivity contribution in [2.24, 2.45) is 5.73 Å². The summed E-state index contributed by atoms with van der Waals surface area (Å²) in [6.07, 6.45) is 0.449. The van der Waals surface area contributed by atoms with E-state index in [2.05, 4.69) is 6.58 Å². The highest BCUT2D eigenvalue weighted by Gasteiger charge is 1.94. The van der Waals surface area contributed by atoms with Crippen molar-refractivity contribution in [2.45, 2.75) is 26.7 Å². The van der Waals surface area contributed by atoms with Gasteiger partial charge in [0.05, 0.1) is 6.42 Å². The Morgan fingerprint density at radius 2 is 1.90 bits per heavy atom. The molecule has 0 rings (SSSR count). The third-order valence-corrected chi connectivity index (χ3v) is 0.660. The van der Waals surface area contributed by atoms with Crippen LogP contribution in [0.5, 0.6) is 0 Å². The lowest BCUT2D eigenvalue weighted by Gasteiger charge is -1.91. The zero-order valence-electron chi connectivity index (χ0n) is 6.55. The van der Waals surface area contributed by atoms with E-state index in [0.29, 0.717) is 12.1 Å². The van der Waals surface area contributed by atoms with Crippen LogP contribution in [0.4, 0.5) is 0 Å². The predicted molar refractivity (Wildman–Crippen MR) is 41.5 cm³/mol. The molecule has 0 aromatic heterocycles. The minimum Gasteiger partial charge on any atom is -0.481 e. The molecule has 10 heavy (non-hydrogen) atoms. The van der Waals surface area contributed by atoms with Crippen molar-refractivity contribution in [3.63, 3.8) is 0 Å². The van der Waals surface area contributed by atoms with Crippen LogP contribution in [0.25, 0.3) is 0 Å². The quantitative estimate of drug-likeness (QED) is 0.630. The Morgan fingerprint density at radius 1 is 1.50 bits per heavy atom. The lowest BCUT2D eigenvalue weighted by molar-refractivity contribution is -0.136. The van der Waals surface area contributed by atoms with Crippen LogP contribution < -0.4 is 5.73 Å². The van der Waals surface area contributed by atoms with Crippen molar-refractivity contribution in [1.29, 1.82) is 0 Å². The minimum atomic E-state index is -0.836. The van der Waals surface area contributed by atoms with E-state index >= 15 is 0 Å². The molecule has 0 aromatic rings. The molecule has 0 aliphatic carbocycles. The van der Waals surface area contributed by atoms with Crippen LogP contribution in [0.2, 0.25) is 0 Å². The largest absolute Gasteiger partial charge is 0.481 e. The van der Waals surface area contributed by atoms with E-state index in [9.17, 15) is 4.79 Å². The summed E-state index contributed by atoms with van der Waals surface area (Å²) < 4.78 is 0. The molecule has 3 heteroatoms. The second kappa shape index (κ2) is 8.01. The molecule has 0 aromatic carbocycles. The fourth-order valence-corrected chi connectivity index (χ4v) is 0.267. The molecule has 0 heterocycles. The van der Waals surface area contributed by atoms with E-state index in [4.69, 9.17) is 10.8 Å².